The molecule has 0 bridgehead atoms. The third-order valence-electron chi connectivity index (χ3n) is 3.25. The molecule has 0 amide bonds. The summed E-state index contributed by atoms with van der Waals surface area (Å²) < 4.78 is 6.24. The lowest BCUT2D eigenvalue weighted by Crippen LogP contribution is -1.88. The van der Waals surface area contributed by atoms with Crippen molar-refractivity contribution in [3.05, 3.63) is 57.4 Å². The molecule has 2 aromatic carbocycles. The number of aromatic nitrogens is 2. The molecule has 3 aromatic rings. The number of rotatable bonds is 3. The second-order valence-electron chi connectivity index (χ2n) is 4.67. The first-order valence-corrected chi connectivity index (χ1v) is 7.69. The standard InChI is InChI=1S/C17H12IN3O/c1-22-16-7-6-11(9-13(16)18)8-12(10-19)17-20-14-4-2-3-5-15(14)21-17/h2-9H,1H3,(H,20,21)/b12-8+. The molecular weight excluding hydrogens is 389 g/mol. The fraction of sp³-hybridized carbons (Fsp3) is 0.0588. The van der Waals surface area contributed by atoms with Crippen molar-refractivity contribution in [2.24, 2.45) is 0 Å². The highest BCUT2D eigenvalue weighted by Crippen LogP contribution is 2.24. The molecule has 0 saturated heterocycles. The van der Waals surface area contributed by atoms with E-state index in [1.54, 1.807) is 7.11 Å². The summed E-state index contributed by atoms with van der Waals surface area (Å²) in [4.78, 5) is 7.64. The lowest BCUT2D eigenvalue weighted by atomic mass is 10.1. The molecule has 0 unspecified atom stereocenters. The van der Waals surface area contributed by atoms with Gasteiger partial charge in [-0.2, -0.15) is 5.26 Å². The molecule has 108 valence electrons. The molecule has 5 heteroatoms. The van der Waals surface area contributed by atoms with Crippen LogP contribution in [0.1, 0.15) is 11.4 Å². The summed E-state index contributed by atoms with van der Waals surface area (Å²) in [6, 6.07) is 15.7. The Bertz CT molecular complexity index is 873. The molecule has 1 N–H and O–H groups in total. The molecule has 0 saturated carbocycles. The van der Waals surface area contributed by atoms with Gasteiger partial charge in [-0.1, -0.05) is 18.2 Å². The Balaban J connectivity index is 2.03. The van der Waals surface area contributed by atoms with Gasteiger partial charge >= 0.3 is 0 Å². The average molecular weight is 401 g/mol. The van der Waals surface area contributed by atoms with Crippen molar-refractivity contribution >= 4 is 45.3 Å². The monoisotopic (exact) mass is 401 g/mol. The molecule has 0 aliphatic heterocycles. The first kappa shape index (κ1) is 14.6. The van der Waals surface area contributed by atoms with Gasteiger partial charge in [-0.05, 0) is 58.5 Å². The molecule has 0 aliphatic carbocycles. The van der Waals surface area contributed by atoms with Crippen LogP contribution < -0.4 is 4.74 Å². The Morgan fingerprint density at radius 1 is 1.32 bits per heavy atom. The van der Waals surface area contributed by atoms with Crippen LogP contribution in [-0.4, -0.2) is 17.1 Å². The highest BCUT2D eigenvalue weighted by molar-refractivity contribution is 14.1. The Kier molecular flexibility index (Phi) is 4.11. The van der Waals surface area contributed by atoms with Crippen LogP contribution in [0, 0.1) is 14.9 Å². The van der Waals surface area contributed by atoms with Gasteiger partial charge in [-0.15, -0.1) is 0 Å². The Hall–Kier alpha value is -2.33. The topological polar surface area (TPSA) is 61.7 Å². The largest absolute Gasteiger partial charge is 0.496 e. The number of benzene rings is 2. The summed E-state index contributed by atoms with van der Waals surface area (Å²) in [5.41, 5.74) is 3.20. The predicted molar refractivity (Wildman–Crippen MR) is 95.3 cm³/mol. The maximum absolute atomic E-state index is 9.43. The van der Waals surface area contributed by atoms with Gasteiger partial charge < -0.3 is 9.72 Å². The van der Waals surface area contributed by atoms with Crippen molar-refractivity contribution in [2.75, 3.05) is 7.11 Å². The molecule has 0 spiro atoms. The van der Waals surface area contributed by atoms with E-state index in [0.717, 1.165) is 25.9 Å². The molecule has 0 fully saturated rings. The summed E-state index contributed by atoms with van der Waals surface area (Å²) in [7, 11) is 1.64. The summed E-state index contributed by atoms with van der Waals surface area (Å²) in [5.74, 6) is 1.40. The van der Waals surface area contributed by atoms with E-state index in [4.69, 9.17) is 4.74 Å². The molecule has 4 nitrogen and oxygen atoms in total. The molecule has 22 heavy (non-hydrogen) atoms. The third kappa shape index (κ3) is 2.83. The van der Waals surface area contributed by atoms with Crippen molar-refractivity contribution in [1.82, 2.24) is 9.97 Å². The number of para-hydroxylation sites is 2. The van der Waals surface area contributed by atoms with E-state index in [-0.39, 0.29) is 0 Å². The first-order valence-electron chi connectivity index (χ1n) is 6.61. The number of imidazole rings is 1. The van der Waals surface area contributed by atoms with E-state index in [1.807, 2.05) is 48.5 Å². The molecule has 0 aliphatic rings. The number of nitriles is 1. The number of ether oxygens (including phenoxy) is 1. The van der Waals surface area contributed by atoms with Crippen LogP contribution in [0.2, 0.25) is 0 Å². The van der Waals surface area contributed by atoms with E-state index >= 15 is 0 Å². The number of methoxy groups -OCH3 is 1. The Morgan fingerprint density at radius 2 is 2.14 bits per heavy atom. The molecule has 0 atom stereocenters. The number of fused-ring (bicyclic) bond motifs is 1. The van der Waals surface area contributed by atoms with Crippen LogP contribution >= 0.6 is 22.6 Å². The molecule has 1 heterocycles. The number of nitrogens with one attached hydrogen (secondary N) is 1. The molecule has 3 rings (SSSR count). The van der Waals surface area contributed by atoms with E-state index < -0.39 is 0 Å². The minimum absolute atomic E-state index is 0.497. The van der Waals surface area contributed by atoms with Gasteiger partial charge in [0.15, 0.2) is 0 Å². The minimum atomic E-state index is 0.497. The predicted octanol–water partition coefficient (Wildman–Crippen LogP) is 4.24. The number of allylic oxidation sites excluding steroid dienone is 1. The normalized spacial score (nSPS) is 11.4. The van der Waals surface area contributed by atoms with Gasteiger partial charge in [0, 0.05) is 0 Å². The third-order valence-corrected chi connectivity index (χ3v) is 4.09. The lowest BCUT2D eigenvalue weighted by molar-refractivity contribution is 0.412. The quantitative estimate of drug-likeness (QED) is 0.528. The van der Waals surface area contributed by atoms with E-state index in [1.165, 1.54) is 0 Å². The Labute approximate surface area is 141 Å². The molecule has 0 radical (unpaired) electrons. The van der Waals surface area contributed by atoms with Gasteiger partial charge in [0.1, 0.15) is 17.6 Å². The lowest BCUT2D eigenvalue weighted by Gasteiger charge is -2.03. The number of aromatic amines is 1. The highest BCUT2D eigenvalue weighted by atomic mass is 127. The van der Waals surface area contributed by atoms with E-state index in [9.17, 15) is 5.26 Å². The van der Waals surface area contributed by atoms with Crippen molar-refractivity contribution < 1.29 is 4.74 Å². The number of halogens is 1. The summed E-state index contributed by atoms with van der Waals surface area (Å²) in [5, 5.41) is 9.43. The van der Waals surface area contributed by atoms with E-state index in [2.05, 4.69) is 38.6 Å². The van der Waals surface area contributed by atoms with Gasteiger partial charge in [0.2, 0.25) is 0 Å². The van der Waals surface area contributed by atoms with E-state index in [0.29, 0.717) is 11.4 Å². The van der Waals surface area contributed by atoms with Gasteiger partial charge in [0.05, 0.1) is 27.3 Å². The van der Waals surface area contributed by atoms with Gasteiger partial charge in [0.25, 0.3) is 0 Å². The number of hydrogen-bond acceptors (Lipinski definition) is 3. The zero-order valence-electron chi connectivity index (χ0n) is 11.8. The van der Waals surface area contributed by atoms with Crippen LogP contribution in [0.5, 0.6) is 5.75 Å². The van der Waals surface area contributed by atoms with Gasteiger partial charge in [-0.3, -0.25) is 0 Å². The van der Waals surface area contributed by atoms with Crippen LogP contribution in [0.25, 0.3) is 22.7 Å². The zero-order valence-corrected chi connectivity index (χ0v) is 14.0. The smallest absolute Gasteiger partial charge is 0.149 e. The fourth-order valence-corrected chi connectivity index (χ4v) is 2.93. The van der Waals surface area contributed by atoms with Crippen molar-refractivity contribution in [3.8, 4) is 11.8 Å². The maximum atomic E-state index is 9.43. The van der Waals surface area contributed by atoms with Crippen LogP contribution in [-0.2, 0) is 0 Å². The number of H-pyrrole nitrogens is 1. The summed E-state index contributed by atoms with van der Waals surface area (Å²) >= 11 is 2.21. The van der Waals surface area contributed by atoms with Crippen LogP contribution in [0.15, 0.2) is 42.5 Å². The van der Waals surface area contributed by atoms with Crippen LogP contribution in [0.3, 0.4) is 0 Å². The number of hydrogen-bond donors (Lipinski definition) is 1. The molecule has 1 aromatic heterocycles. The Morgan fingerprint density at radius 3 is 2.82 bits per heavy atom. The second kappa shape index (κ2) is 6.20. The fourth-order valence-electron chi connectivity index (χ4n) is 2.17. The second-order valence-corrected chi connectivity index (χ2v) is 5.83. The van der Waals surface area contributed by atoms with Crippen LogP contribution in [0.4, 0.5) is 0 Å². The minimum Gasteiger partial charge on any atom is -0.496 e. The maximum Gasteiger partial charge on any atom is 0.149 e. The zero-order chi connectivity index (χ0) is 15.5. The van der Waals surface area contributed by atoms with Crippen molar-refractivity contribution in [2.45, 2.75) is 0 Å². The molecular formula is C17H12IN3O. The first-order chi connectivity index (χ1) is 10.7. The average Bonchev–Trinajstić information content (AvgIpc) is 2.96. The summed E-state index contributed by atoms with van der Waals surface area (Å²) in [6.45, 7) is 0. The number of nitrogens with zero attached hydrogens (tertiary/aromatic N) is 2. The summed E-state index contributed by atoms with van der Waals surface area (Å²) in [6.07, 6.45) is 1.82. The van der Waals surface area contributed by atoms with Crippen molar-refractivity contribution in [3.63, 3.8) is 0 Å². The SMILES string of the molecule is COc1ccc(/C=C(\C#N)c2nc3ccccc3[nH]2)cc1I. The highest BCUT2D eigenvalue weighted by Gasteiger charge is 2.08. The van der Waals surface area contributed by atoms with Crippen molar-refractivity contribution in [1.29, 1.82) is 5.26 Å². The van der Waals surface area contributed by atoms with Gasteiger partial charge in [-0.25, -0.2) is 4.98 Å².